The Labute approximate surface area is 93.1 Å². The first-order valence-electron chi connectivity index (χ1n) is 5.51. The summed E-state index contributed by atoms with van der Waals surface area (Å²) in [5, 5.41) is 0. The summed E-state index contributed by atoms with van der Waals surface area (Å²) in [5.41, 5.74) is 5.82. The van der Waals surface area contributed by atoms with Crippen LogP contribution in [0.4, 0.5) is 13.2 Å². The molecule has 0 aromatic heterocycles. The molecule has 0 amide bonds. The SMILES string of the molecule is NC1CCCCC1OCCOCC(F)(F)F. The predicted molar refractivity (Wildman–Crippen MR) is 53.1 cm³/mol. The number of halogens is 3. The third-order valence-electron chi connectivity index (χ3n) is 2.58. The highest BCUT2D eigenvalue weighted by Crippen LogP contribution is 2.19. The van der Waals surface area contributed by atoms with Gasteiger partial charge in [0.15, 0.2) is 0 Å². The van der Waals surface area contributed by atoms with Crippen LogP contribution in [0.15, 0.2) is 0 Å². The number of alkyl halides is 3. The van der Waals surface area contributed by atoms with Crippen molar-refractivity contribution in [3.8, 4) is 0 Å². The molecule has 16 heavy (non-hydrogen) atoms. The molecule has 2 unspecified atom stereocenters. The summed E-state index contributed by atoms with van der Waals surface area (Å²) in [6.45, 7) is -1.08. The van der Waals surface area contributed by atoms with E-state index in [-0.39, 0.29) is 25.4 Å². The lowest BCUT2D eigenvalue weighted by Crippen LogP contribution is -2.40. The fourth-order valence-electron chi connectivity index (χ4n) is 1.78. The lowest BCUT2D eigenvalue weighted by atomic mass is 9.93. The molecule has 0 heterocycles. The zero-order valence-corrected chi connectivity index (χ0v) is 9.13. The van der Waals surface area contributed by atoms with E-state index < -0.39 is 12.8 Å². The Morgan fingerprint density at radius 3 is 2.44 bits per heavy atom. The Morgan fingerprint density at radius 1 is 1.12 bits per heavy atom. The normalized spacial score (nSPS) is 27.0. The van der Waals surface area contributed by atoms with E-state index in [1.807, 2.05) is 0 Å². The summed E-state index contributed by atoms with van der Waals surface area (Å²) in [6.07, 6.45) is -0.299. The van der Waals surface area contributed by atoms with Crippen molar-refractivity contribution < 1.29 is 22.6 Å². The average Bonchev–Trinajstić information content (AvgIpc) is 2.18. The summed E-state index contributed by atoms with van der Waals surface area (Å²) < 4.78 is 45.0. The van der Waals surface area contributed by atoms with Crippen molar-refractivity contribution in [1.29, 1.82) is 0 Å². The fourth-order valence-corrected chi connectivity index (χ4v) is 1.78. The number of nitrogens with two attached hydrogens (primary N) is 1. The van der Waals surface area contributed by atoms with Gasteiger partial charge in [0.25, 0.3) is 0 Å². The maximum atomic E-state index is 11.7. The number of hydrogen-bond donors (Lipinski definition) is 1. The topological polar surface area (TPSA) is 44.5 Å². The molecule has 2 atom stereocenters. The van der Waals surface area contributed by atoms with Crippen LogP contribution in [-0.2, 0) is 9.47 Å². The number of rotatable bonds is 5. The lowest BCUT2D eigenvalue weighted by molar-refractivity contribution is -0.177. The van der Waals surface area contributed by atoms with Gasteiger partial charge < -0.3 is 15.2 Å². The minimum Gasteiger partial charge on any atom is -0.374 e. The highest BCUT2D eigenvalue weighted by atomic mass is 19.4. The zero-order chi connectivity index (χ0) is 12.0. The van der Waals surface area contributed by atoms with Crippen LogP contribution in [0, 0.1) is 0 Å². The molecule has 1 rings (SSSR count). The van der Waals surface area contributed by atoms with Crippen molar-refractivity contribution in [3.63, 3.8) is 0 Å². The molecule has 1 aliphatic carbocycles. The van der Waals surface area contributed by atoms with E-state index >= 15 is 0 Å². The van der Waals surface area contributed by atoms with Crippen LogP contribution in [0.2, 0.25) is 0 Å². The molecule has 96 valence electrons. The van der Waals surface area contributed by atoms with E-state index in [9.17, 15) is 13.2 Å². The Hall–Kier alpha value is -0.330. The van der Waals surface area contributed by atoms with Crippen molar-refractivity contribution in [2.75, 3.05) is 19.8 Å². The van der Waals surface area contributed by atoms with E-state index in [0.29, 0.717) is 0 Å². The van der Waals surface area contributed by atoms with Crippen molar-refractivity contribution in [2.45, 2.75) is 44.0 Å². The van der Waals surface area contributed by atoms with Crippen LogP contribution < -0.4 is 5.73 Å². The van der Waals surface area contributed by atoms with Crippen molar-refractivity contribution in [3.05, 3.63) is 0 Å². The van der Waals surface area contributed by atoms with E-state index in [1.165, 1.54) is 0 Å². The molecular formula is C10H18F3NO2. The minimum absolute atomic E-state index is 0.0105. The summed E-state index contributed by atoms with van der Waals surface area (Å²) in [6, 6.07) is 0.0105. The molecule has 1 fully saturated rings. The van der Waals surface area contributed by atoms with E-state index in [1.54, 1.807) is 0 Å². The van der Waals surface area contributed by atoms with Gasteiger partial charge in [-0.05, 0) is 12.8 Å². The maximum Gasteiger partial charge on any atom is 0.411 e. The molecule has 0 aromatic carbocycles. The van der Waals surface area contributed by atoms with Gasteiger partial charge in [0, 0.05) is 6.04 Å². The largest absolute Gasteiger partial charge is 0.411 e. The van der Waals surface area contributed by atoms with Crippen LogP contribution >= 0.6 is 0 Å². The van der Waals surface area contributed by atoms with Crippen molar-refractivity contribution >= 4 is 0 Å². The molecule has 0 radical (unpaired) electrons. The summed E-state index contributed by atoms with van der Waals surface area (Å²) in [7, 11) is 0. The molecule has 0 bridgehead atoms. The average molecular weight is 241 g/mol. The van der Waals surface area contributed by atoms with Crippen molar-refractivity contribution in [1.82, 2.24) is 0 Å². The number of hydrogen-bond acceptors (Lipinski definition) is 3. The van der Waals surface area contributed by atoms with Crippen LogP contribution in [-0.4, -0.2) is 38.1 Å². The van der Waals surface area contributed by atoms with Crippen LogP contribution in [0.1, 0.15) is 25.7 Å². The molecule has 6 heteroatoms. The third-order valence-corrected chi connectivity index (χ3v) is 2.58. The third kappa shape index (κ3) is 5.67. The zero-order valence-electron chi connectivity index (χ0n) is 9.13. The first-order chi connectivity index (χ1) is 7.49. The first kappa shape index (κ1) is 13.7. The summed E-state index contributed by atoms with van der Waals surface area (Å²) in [4.78, 5) is 0. The molecule has 1 saturated carbocycles. The number of ether oxygens (including phenoxy) is 2. The molecular weight excluding hydrogens is 223 g/mol. The molecule has 0 aromatic rings. The van der Waals surface area contributed by atoms with Gasteiger partial charge in [0.05, 0.1) is 19.3 Å². The second-order valence-corrected chi connectivity index (χ2v) is 4.03. The molecule has 2 N–H and O–H groups in total. The van der Waals surface area contributed by atoms with Gasteiger partial charge in [-0.2, -0.15) is 13.2 Å². The van der Waals surface area contributed by atoms with Gasteiger partial charge in [-0.25, -0.2) is 0 Å². The monoisotopic (exact) mass is 241 g/mol. The Kier molecular flexibility index (Phi) is 5.51. The highest BCUT2D eigenvalue weighted by molar-refractivity contribution is 4.78. The minimum atomic E-state index is -4.26. The van der Waals surface area contributed by atoms with Gasteiger partial charge in [-0.3, -0.25) is 0 Å². The highest BCUT2D eigenvalue weighted by Gasteiger charge is 2.27. The molecule has 1 aliphatic rings. The Balaban J connectivity index is 2.02. The van der Waals surface area contributed by atoms with Gasteiger partial charge >= 0.3 is 6.18 Å². The molecule has 0 aliphatic heterocycles. The van der Waals surface area contributed by atoms with Crippen LogP contribution in [0.5, 0.6) is 0 Å². The summed E-state index contributed by atoms with van der Waals surface area (Å²) >= 11 is 0. The van der Waals surface area contributed by atoms with E-state index in [0.717, 1.165) is 25.7 Å². The Morgan fingerprint density at radius 2 is 1.81 bits per heavy atom. The van der Waals surface area contributed by atoms with E-state index in [2.05, 4.69) is 4.74 Å². The quantitative estimate of drug-likeness (QED) is 0.747. The Bertz CT molecular complexity index is 199. The molecule has 0 saturated heterocycles. The van der Waals surface area contributed by atoms with Gasteiger partial charge in [-0.15, -0.1) is 0 Å². The van der Waals surface area contributed by atoms with E-state index in [4.69, 9.17) is 10.5 Å². The van der Waals surface area contributed by atoms with Crippen LogP contribution in [0.3, 0.4) is 0 Å². The van der Waals surface area contributed by atoms with Crippen LogP contribution in [0.25, 0.3) is 0 Å². The maximum absolute atomic E-state index is 11.7. The fraction of sp³-hybridized carbons (Fsp3) is 1.00. The lowest BCUT2D eigenvalue weighted by Gasteiger charge is -2.28. The molecule has 3 nitrogen and oxygen atoms in total. The van der Waals surface area contributed by atoms with Gasteiger partial charge in [-0.1, -0.05) is 12.8 Å². The predicted octanol–water partition coefficient (Wildman–Crippen LogP) is 1.85. The van der Waals surface area contributed by atoms with Crippen molar-refractivity contribution in [2.24, 2.45) is 5.73 Å². The summed E-state index contributed by atoms with van der Waals surface area (Å²) in [5.74, 6) is 0. The second-order valence-electron chi connectivity index (χ2n) is 4.03. The first-order valence-corrected chi connectivity index (χ1v) is 5.51. The molecule has 0 spiro atoms. The standard InChI is InChI=1S/C10H18F3NO2/c11-10(12,13)7-15-5-6-16-9-4-2-1-3-8(9)14/h8-9H,1-7,14H2. The smallest absolute Gasteiger partial charge is 0.374 e. The second kappa shape index (κ2) is 6.42. The van der Waals surface area contributed by atoms with Gasteiger partial charge in [0.1, 0.15) is 6.61 Å². The van der Waals surface area contributed by atoms with Gasteiger partial charge in [0.2, 0.25) is 0 Å².